The first-order valence-corrected chi connectivity index (χ1v) is 11.8. The van der Waals surface area contributed by atoms with Gasteiger partial charge in [0.05, 0.1) is 16.6 Å². The van der Waals surface area contributed by atoms with Crippen molar-refractivity contribution in [3.8, 4) is 0 Å². The van der Waals surface area contributed by atoms with E-state index in [9.17, 15) is 14.0 Å². The van der Waals surface area contributed by atoms with Gasteiger partial charge in [0, 0.05) is 24.7 Å². The molecule has 180 valence electrons. The zero-order valence-corrected chi connectivity index (χ0v) is 19.9. The fourth-order valence-corrected chi connectivity index (χ4v) is 4.21. The molecule has 0 unspecified atom stereocenters. The predicted octanol–water partition coefficient (Wildman–Crippen LogP) is 4.98. The van der Waals surface area contributed by atoms with E-state index in [2.05, 4.69) is 5.32 Å². The maximum absolute atomic E-state index is 13.8. The van der Waals surface area contributed by atoms with Crippen LogP contribution in [-0.4, -0.2) is 34.0 Å². The van der Waals surface area contributed by atoms with Crippen LogP contribution in [0, 0.1) is 5.82 Å². The third-order valence-electron chi connectivity index (χ3n) is 5.83. The number of anilines is 1. The molecule has 6 nitrogen and oxygen atoms in total. The lowest BCUT2D eigenvalue weighted by Crippen LogP contribution is -2.39. The Morgan fingerprint density at radius 3 is 2.40 bits per heavy atom. The third-order valence-corrected chi connectivity index (χ3v) is 5.83. The highest BCUT2D eigenvalue weighted by molar-refractivity contribution is 5.95. The molecule has 1 N–H and O–H groups in total. The van der Waals surface area contributed by atoms with Crippen LogP contribution in [0.4, 0.5) is 10.1 Å². The highest BCUT2D eigenvalue weighted by Gasteiger charge is 2.22. The number of rotatable bonds is 9. The molecule has 1 heterocycles. The monoisotopic (exact) mass is 472 g/mol. The van der Waals surface area contributed by atoms with Crippen molar-refractivity contribution >= 4 is 28.5 Å². The number of fused-ring (bicyclic) bond motifs is 1. The number of nitrogens with one attached hydrogen (secondary N) is 1. The first-order chi connectivity index (χ1) is 17.0. The van der Waals surface area contributed by atoms with Gasteiger partial charge in [0.25, 0.3) is 5.91 Å². The van der Waals surface area contributed by atoms with Gasteiger partial charge in [-0.2, -0.15) is 0 Å². The van der Waals surface area contributed by atoms with Crippen molar-refractivity contribution < 1.29 is 14.0 Å². The molecule has 4 rings (SSSR count). The molecule has 0 saturated carbocycles. The summed E-state index contributed by atoms with van der Waals surface area (Å²) in [5.74, 6) is -0.236. The molecule has 7 heteroatoms. The maximum Gasteiger partial charge on any atom is 0.254 e. The quantitative estimate of drug-likeness (QED) is 0.350. The van der Waals surface area contributed by atoms with Crippen molar-refractivity contribution in [1.29, 1.82) is 0 Å². The molecule has 1 aromatic heterocycles. The second-order valence-electron chi connectivity index (χ2n) is 8.64. The summed E-state index contributed by atoms with van der Waals surface area (Å²) in [6, 6.07) is 23.3. The molecule has 0 atom stereocenters. The van der Waals surface area contributed by atoms with Crippen molar-refractivity contribution in [1.82, 2.24) is 14.9 Å². The van der Waals surface area contributed by atoms with E-state index >= 15 is 0 Å². The SMILES string of the molecule is CC(C)N(C(=O)Cn1c(CCCNC(=O)c2ccccc2F)nc2ccccc21)c1ccccc1. The molecule has 3 aromatic carbocycles. The average Bonchev–Trinajstić information content (AvgIpc) is 3.19. The van der Waals surface area contributed by atoms with E-state index in [4.69, 9.17) is 4.98 Å². The van der Waals surface area contributed by atoms with Crippen molar-refractivity contribution in [3.05, 3.63) is 96.1 Å². The number of aryl methyl sites for hydroxylation is 1. The summed E-state index contributed by atoms with van der Waals surface area (Å²) in [5.41, 5.74) is 2.60. The number of imidazole rings is 1. The third kappa shape index (κ3) is 5.57. The van der Waals surface area contributed by atoms with Crippen molar-refractivity contribution in [2.24, 2.45) is 0 Å². The van der Waals surface area contributed by atoms with Crippen LogP contribution in [0.5, 0.6) is 0 Å². The minimum Gasteiger partial charge on any atom is -0.352 e. The van der Waals surface area contributed by atoms with Crippen LogP contribution >= 0.6 is 0 Å². The van der Waals surface area contributed by atoms with Gasteiger partial charge in [0.2, 0.25) is 5.91 Å². The largest absolute Gasteiger partial charge is 0.352 e. The number of carbonyl (C=O) groups excluding carboxylic acids is 2. The number of benzene rings is 3. The summed E-state index contributed by atoms with van der Waals surface area (Å²) < 4.78 is 15.8. The summed E-state index contributed by atoms with van der Waals surface area (Å²) in [5, 5.41) is 2.77. The van der Waals surface area contributed by atoms with E-state index in [-0.39, 0.29) is 24.1 Å². The average molecular weight is 473 g/mol. The van der Waals surface area contributed by atoms with Crippen LogP contribution in [0.2, 0.25) is 0 Å². The van der Waals surface area contributed by atoms with Gasteiger partial charge >= 0.3 is 0 Å². The first-order valence-electron chi connectivity index (χ1n) is 11.8. The van der Waals surface area contributed by atoms with Gasteiger partial charge in [-0.1, -0.05) is 42.5 Å². The van der Waals surface area contributed by atoms with Crippen LogP contribution in [-0.2, 0) is 17.8 Å². The Bertz CT molecular complexity index is 1320. The summed E-state index contributed by atoms with van der Waals surface area (Å²) in [6.07, 6.45) is 1.16. The number of amides is 2. The number of carbonyl (C=O) groups is 2. The number of para-hydroxylation sites is 3. The van der Waals surface area contributed by atoms with Gasteiger partial charge in [-0.15, -0.1) is 0 Å². The molecule has 0 bridgehead atoms. The highest BCUT2D eigenvalue weighted by Crippen LogP contribution is 2.21. The van der Waals surface area contributed by atoms with E-state index in [0.717, 1.165) is 22.5 Å². The summed E-state index contributed by atoms with van der Waals surface area (Å²) in [7, 11) is 0. The predicted molar refractivity (Wildman–Crippen MR) is 136 cm³/mol. The number of halogens is 1. The molecule has 0 saturated heterocycles. The molecule has 35 heavy (non-hydrogen) atoms. The number of hydrogen-bond donors (Lipinski definition) is 1. The molecule has 0 radical (unpaired) electrons. The normalized spacial score (nSPS) is 11.1. The van der Waals surface area contributed by atoms with Crippen LogP contribution in [0.25, 0.3) is 11.0 Å². The maximum atomic E-state index is 13.8. The van der Waals surface area contributed by atoms with Crippen molar-refractivity contribution in [3.63, 3.8) is 0 Å². The van der Waals surface area contributed by atoms with Gasteiger partial charge in [-0.25, -0.2) is 9.37 Å². The number of hydrogen-bond acceptors (Lipinski definition) is 3. The Kier molecular flexibility index (Phi) is 7.55. The van der Waals surface area contributed by atoms with Crippen LogP contribution < -0.4 is 10.2 Å². The van der Waals surface area contributed by atoms with Gasteiger partial charge in [0.1, 0.15) is 18.2 Å². The lowest BCUT2D eigenvalue weighted by atomic mass is 10.2. The van der Waals surface area contributed by atoms with Gasteiger partial charge in [0.15, 0.2) is 0 Å². The molecular weight excluding hydrogens is 443 g/mol. The molecule has 0 spiro atoms. The number of nitrogens with zero attached hydrogens (tertiary/aromatic N) is 3. The fourth-order valence-electron chi connectivity index (χ4n) is 4.21. The smallest absolute Gasteiger partial charge is 0.254 e. The van der Waals surface area contributed by atoms with E-state index in [0.29, 0.717) is 19.4 Å². The molecule has 0 aliphatic carbocycles. The van der Waals surface area contributed by atoms with E-state index in [1.54, 1.807) is 17.0 Å². The molecule has 0 aliphatic rings. The summed E-state index contributed by atoms with van der Waals surface area (Å²) in [4.78, 5) is 32.3. The number of aromatic nitrogens is 2. The Hall–Kier alpha value is -4.00. The Labute approximate surface area is 204 Å². The standard InChI is InChI=1S/C28H29FN4O2/c1-20(2)33(21-11-4-3-5-12-21)27(34)19-32-25-16-9-8-15-24(25)31-26(32)17-10-18-30-28(35)22-13-6-7-14-23(22)29/h3-9,11-16,20H,10,17-19H2,1-2H3,(H,30,35). The van der Waals surface area contributed by atoms with E-state index in [1.807, 2.05) is 73.0 Å². The fraction of sp³-hybridized carbons (Fsp3) is 0.250. The van der Waals surface area contributed by atoms with Gasteiger partial charge < -0.3 is 14.8 Å². The van der Waals surface area contributed by atoms with Gasteiger partial charge in [-0.3, -0.25) is 9.59 Å². The van der Waals surface area contributed by atoms with Crippen LogP contribution in [0.1, 0.15) is 36.5 Å². The summed E-state index contributed by atoms with van der Waals surface area (Å²) in [6.45, 7) is 4.52. The van der Waals surface area contributed by atoms with Crippen molar-refractivity contribution in [2.45, 2.75) is 39.3 Å². The lowest BCUT2D eigenvalue weighted by Gasteiger charge is -2.27. The first kappa shape index (κ1) is 24.1. The molecule has 2 amide bonds. The minimum absolute atomic E-state index is 0.00303. The molecule has 0 fully saturated rings. The van der Waals surface area contributed by atoms with Crippen LogP contribution in [0.3, 0.4) is 0 Å². The summed E-state index contributed by atoms with van der Waals surface area (Å²) >= 11 is 0. The Morgan fingerprint density at radius 2 is 1.66 bits per heavy atom. The molecule has 4 aromatic rings. The zero-order chi connectivity index (χ0) is 24.8. The second kappa shape index (κ2) is 11.0. The lowest BCUT2D eigenvalue weighted by molar-refractivity contribution is -0.119. The minimum atomic E-state index is -0.543. The molecular formula is C28H29FN4O2. The Balaban J connectivity index is 1.48. The van der Waals surface area contributed by atoms with Crippen LogP contribution in [0.15, 0.2) is 78.9 Å². The zero-order valence-electron chi connectivity index (χ0n) is 19.9. The topological polar surface area (TPSA) is 67.2 Å². The highest BCUT2D eigenvalue weighted by atomic mass is 19.1. The Morgan fingerprint density at radius 1 is 0.971 bits per heavy atom. The van der Waals surface area contributed by atoms with E-state index in [1.165, 1.54) is 12.1 Å². The second-order valence-corrected chi connectivity index (χ2v) is 8.64. The molecule has 0 aliphatic heterocycles. The van der Waals surface area contributed by atoms with Crippen molar-refractivity contribution in [2.75, 3.05) is 11.4 Å². The van der Waals surface area contributed by atoms with E-state index < -0.39 is 11.7 Å². The van der Waals surface area contributed by atoms with Gasteiger partial charge in [-0.05, 0) is 56.7 Å².